The van der Waals surface area contributed by atoms with Crippen LogP contribution in [-0.2, 0) is 6.54 Å². The first-order chi connectivity index (χ1) is 10.3. The minimum absolute atomic E-state index is 0.497. The van der Waals surface area contributed by atoms with Crippen molar-refractivity contribution in [1.29, 1.82) is 0 Å². The van der Waals surface area contributed by atoms with Crippen LogP contribution >= 0.6 is 0 Å². The number of hydrogen-bond donors (Lipinski definition) is 1. The summed E-state index contributed by atoms with van der Waals surface area (Å²) in [6.07, 6.45) is 2.31. The van der Waals surface area contributed by atoms with Gasteiger partial charge in [-0.15, -0.1) is 5.10 Å². The van der Waals surface area contributed by atoms with E-state index >= 15 is 0 Å². The molecule has 6 heteroatoms. The summed E-state index contributed by atoms with van der Waals surface area (Å²) in [5.41, 5.74) is 8.77. The van der Waals surface area contributed by atoms with Gasteiger partial charge in [0, 0.05) is 17.5 Å². The Labute approximate surface area is 121 Å². The summed E-state index contributed by atoms with van der Waals surface area (Å²) in [4.78, 5) is 0. The fourth-order valence-electron chi connectivity index (χ4n) is 2.51. The first-order valence-electron chi connectivity index (χ1n) is 7.01. The summed E-state index contributed by atoms with van der Waals surface area (Å²) in [5, 5.41) is 12.2. The maximum Gasteiger partial charge on any atom is 0.169 e. The van der Waals surface area contributed by atoms with Gasteiger partial charge in [-0.2, -0.15) is 0 Å². The van der Waals surface area contributed by atoms with E-state index in [0.29, 0.717) is 18.3 Å². The Balaban J connectivity index is 1.60. The van der Waals surface area contributed by atoms with Crippen molar-refractivity contribution in [2.24, 2.45) is 0 Å². The van der Waals surface area contributed by atoms with Crippen LogP contribution in [0.2, 0.25) is 0 Å². The number of anilines is 1. The van der Waals surface area contributed by atoms with Gasteiger partial charge in [0.1, 0.15) is 12.2 Å². The standard InChI is InChI=1S/C15H15N5O/c16-15-14(11-6-7-11)20(19-17-15)9-12-8-13(18-21-12)10-4-2-1-3-5-10/h1-5,8,11H,6-7,9,16H2. The third-order valence-corrected chi connectivity index (χ3v) is 3.70. The molecule has 0 amide bonds. The van der Waals surface area contributed by atoms with Crippen LogP contribution < -0.4 is 5.73 Å². The molecule has 1 aliphatic rings. The Bertz CT molecular complexity index is 757. The molecule has 0 bridgehead atoms. The molecule has 4 rings (SSSR count). The quantitative estimate of drug-likeness (QED) is 0.794. The molecule has 0 atom stereocenters. The molecule has 6 nitrogen and oxygen atoms in total. The van der Waals surface area contributed by atoms with Crippen LogP contribution in [0.15, 0.2) is 40.9 Å². The molecule has 0 spiro atoms. The van der Waals surface area contributed by atoms with Crippen molar-refractivity contribution in [2.45, 2.75) is 25.3 Å². The minimum atomic E-state index is 0.497. The average Bonchev–Trinajstić information content (AvgIpc) is 3.12. The highest BCUT2D eigenvalue weighted by atomic mass is 16.5. The van der Waals surface area contributed by atoms with Crippen molar-refractivity contribution in [1.82, 2.24) is 20.2 Å². The van der Waals surface area contributed by atoms with Crippen LogP contribution in [0.4, 0.5) is 5.82 Å². The van der Waals surface area contributed by atoms with Crippen LogP contribution in [0.1, 0.15) is 30.2 Å². The third-order valence-electron chi connectivity index (χ3n) is 3.70. The number of hydrogen-bond acceptors (Lipinski definition) is 5. The first kappa shape index (κ1) is 12.1. The number of aromatic nitrogens is 4. The van der Waals surface area contributed by atoms with E-state index in [1.54, 1.807) is 0 Å². The molecule has 3 aromatic rings. The molecule has 1 aliphatic carbocycles. The highest BCUT2D eigenvalue weighted by Gasteiger charge is 2.30. The monoisotopic (exact) mass is 281 g/mol. The molecule has 1 saturated carbocycles. The zero-order chi connectivity index (χ0) is 14.2. The summed E-state index contributed by atoms with van der Waals surface area (Å²) >= 11 is 0. The molecule has 2 aromatic heterocycles. The lowest BCUT2D eigenvalue weighted by molar-refractivity contribution is 0.370. The fraction of sp³-hybridized carbons (Fsp3) is 0.267. The third kappa shape index (κ3) is 2.29. The summed E-state index contributed by atoms with van der Waals surface area (Å²) in [6.45, 7) is 0.510. The fourth-order valence-corrected chi connectivity index (χ4v) is 2.51. The lowest BCUT2D eigenvalue weighted by atomic mass is 10.1. The van der Waals surface area contributed by atoms with Gasteiger partial charge in [-0.05, 0) is 12.8 Å². The molecular formula is C15H15N5O. The molecule has 2 N–H and O–H groups in total. The molecule has 0 saturated heterocycles. The largest absolute Gasteiger partial charge is 0.381 e. The molecule has 0 aliphatic heterocycles. The molecule has 0 radical (unpaired) electrons. The maximum absolute atomic E-state index is 5.89. The molecule has 1 fully saturated rings. The Kier molecular flexibility index (Phi) is 2.73. The van der Waals surface area contributed by atoms with Crippen LogP contribution in [-0.4, -0.2) is 20.2 Å². The maximum atomic E-state index is 5.89. The van der Waals surface area contributed by atoms with Crippen LogP contribution in [0.3, 0.4) is 0 Å². The van der Waals surface area contributed by atoms with Crippen molar-refractivity contribution >= 4 is 5.82 Å². The Morgan fingerprint density at radius 3 is 2.81 bits per heavy atom. The minimum Gasteiger partial charge on any atom is -0.381 e. The predicted octanol–water partition coefficient (Wildman–Crippen LogP) is 2.44. The summed E-state index contributed by atoms with van der Waals surface area (Å²) in [5.74, 6) is 1.78. The van der Waals surface area contributed by atoms with E-state index < -0.39 is 0 Å². The van der Waals surface area contributed by atoms with E-state index in [4.69, 9.17) is 10.3 Å². The number of benzene rings is 1. The lowest BCUT2D eigenvalue weighted by Gasteiger charge is -2.02. The van der Waals surface area contributed by atoms with Crippen LogP contribution in [0.5, 0.6) is 0 Å². The number of nitrogens with zero attached hydrogens (tertiary/aromatic N) is 4. The summed E-state index contributed by atoms with van der Waals surface area (Å²) in [7, 11) is 0. The van der Waals surface area contributed by atoms with Gasteiger partial charge in [0.15, 0.2) is 11.6 Å². The van der Waals surface area contributed by atoms with Gasteiger partial charge in [0.25, 0.3) is 0 Å². The van der Waals surface area contributed by atoms with E-state index in [1.165, 1.54) is 0 Å². The number of nitrogen functional groups attached to an aromatic ring is 1. The van der Waals surface area contributed by atoms with Crippen molar-refractivity contribution in [3.63, 3.8) is 0 Å². The first-order valence-corrected chi connectivity index (χ1v) is 7.01. The van der Waals surface area contributed by atoms with Gasteiger partial charge in [0.05, 0.1) is 5.69 Å². The highest BCUT2D eigenvalue weighted by Crippen LogP contribution is 2.42. The summed E-state index contributed by atoms with van der Waals surface area (Å²) in [6, 6.07) is 11.9. The number of rotatable bonds is 4. The predicted molar refractivity (Wildman–Crippen MR) is 77.5 cm³/mol. The second-order valence-electron chi connectivity index (χ2n) is 5.34. The zero-order valence-electron chi connectivity index (χ0n) is 11.4. The van der Waals surface area contributed by atoms with Crippen LogP contribution in [0.25, 0.3) is 11.3 Å². The molecule has 0 unspecified atom stereocenters. The van der Waals surface area contributed by atoms with E-state index in [0.717, 1.165) is 35.6 Å². The Morgan fingerprint density at radius 1 is 1.24 bits per heavy atom. The van der Waals surface area contributed by atoms with E-state index in [2.05, 4.69) is 15.5 Å². The van der Waals surface area contributed by atoms with E-state index in [1.807, 2.05) is 41.1 Å². The van der Waals surface area contributed by atoms with Crippen molar-refractivity contribution in [3.05, 3.63) is 47.9 Å². The van der Waals surface area contributed by atoms with Crippen molar-refractivity contribution in [3.8, 4) is 11.3 Å². The van der Waals surface area contributed by atoms with Crippen molar-refractivity contribution in [2.75, 3.05) is 5.73 Å². The average molecular weight is 281 g/mol. The van der Waals surface area contributed by atoms with E-state index in [9.17, 15) is 0 Å². The molecule has 2 heterocycles. The van der Waals surface area contributed by atoms with Gasteiger partial charge in [0.2, 0.25) is 0 Å². The van der Waals surface area contributed by atoms with E-state index in [-0.39, 0.29) is 0 Å². The lowest BCUT2D eigenvalue weighted by Crippen LogP contribution is -2.06. The highest BCUT2D eigenvalue weighted by molar-refractivity contribution is 5.58. The topological polar surface area (TPSA) is 82.8 Å². The van der Waals surface area contributed by atoms with Crippen LogP contribution in [0, 0.1) is 0 Å². The SMILES string of the molecule is Nc1nnn(Cc2cc(-c3ccccc3)no2)c1C1CC1. The zero-order valence-corrected chi connectivity index (χ0v) is 11.4. The molecule has 1 aromatic carbocycles. The Morgan fingerprint density at radius 2 is 2.05 bits per heavy atom. The van der Waals surface area contributed by atoms with Crippen molar-refractivity contribution < 1.29 is 4.52 Å². The van der Waals surface area contributed by atoms with Gasteiger partial charge in [-0.1, -0.05) is 40.7 Å². The van der Waals surface area contributed by atoms with Gasteiger partial charge >= 0.3 is 0 Å². The second-order valence-corrected chi connectivity index (χ2v) is 5.34. The molecule has 106 valence electrons. The van der Waals surface area contributed by atoms with Gasteiger partial charge in [-0.3, -0.25) is 0 Å². The smallest absolute Gasteiger partial charge is 0.169 e. The summed E-state index contributed by atoms with van der Waals surface area (Å²) < 4.78 is 7.23. The Hall–Kier alpha value is -2.63. The second kappa shape index (κ2) is 4.73. The number of nitrogens with two attached hydrogens (primary N) is 1. The molecule has 21 heavy (non-hydrogen) atoms. The molecular weight excluding hydrogens is 266 g/mol. The normalized spacial score (nSPS) is 14.5. The van der Waals surface area contributed by atoms with Gasteiger partial charge < -0.3 is 10.3 Å². The van der Waals surface area contributed by atoms with Gasteiger partial charge in [-0.25, -0.2) is 4.68 Å².